The first kappa shape index (κ1) is 59.2. The van der Waals surface area contributed by atoms with E-state index in [-0.39, 0.29) is 18.8 Å². The highest BCUT2D eigenvalue weighted by Crippen LogP contribution is 2.11. The molecule has 0 aliphatic heterocycles. The molecule has 0 aliphatic carbocycles. The molecule has 1 aromatic carbocycles. The molecule has 378 valence electrons. The summed E-state index contributed by atoms with van der Waals surface area (Å²) >= 11 is 0. The number of aliphatic hydroxyl groups is 6. The maximum Gasteiger partial charge on any atom is 0.245 e. The summed E-state index contributed by atoms with van der Waals surface area (Å²) in [7, 11) is 0. The van der Waals surface area contributed by atoms with Gasteiger partial charge in [-0.2, -0.15) is 0 Å². The standard InChI is InChI=1S/C42H70N10O15/c1-8-20(4)31(40(65)47-27(16-53)34(44)59)50-38(63)29(18-55)48-35(60)25(14-19(2)3)45-37(62)28(17-54)49-42(67)32(22(6)57)51-36(61)26(15-24-12-10-9-11-13-24)46-41(66)33(23(7)58)52-39(64)30(43)21(5)56/h9-13,19-23,25-33,53-58H,8,14-18,43H2,1-7H3,(H2,44,59)(H,45,62)(H,46,66)(H,47,65)(H,48,60)(H,49,67)(H,50,63)(H,51,61)(H,52,64)/t20-,21+,22+,23+,25-,26-,27-,28-,29-,30-,31-,32-,33-/m0/s1. The molecular formula is C42H70N10O15. The third kappa shape index (κ3) is 19.5. The number of benzene rings is 1. The summed E-state index contributed by atoms with van der Waals surface area (Å²) in [5.41, 5.74) is 11.4. The summed E-state index contributed by atoms with van der Waals surface area (Å²) in [4.78, 5) is 118. The van der Waals surface area contributed by atoms with Crippen molar-refractivity contribution < 1.29 is 73.8 Å². The van der Waals surface area contributed by atoms with Gasteiger partial charge in [-0.3, -0.25) is 43.2 Å². The Labute approximate surface area is 388 Å². The smallest absolute Gasteiger partial charge is 0.245 e. The molecule has 0 aromatic heterocycles. The van der Waals surface area contributed by atoms with Crippen molar-refractivity contribution in [2.45, 2.75) is 140 Å². The highest BCUT2D eigenvalue weighted by molar-refractivity contribution is 5.98. The topological polar surface area (TPSA) is 423 Å². The van der Waals surface area contributed by atoms with Gasteiger partial charge in [0.05, 0.1) is 38.1 Å². The summed E-state index contributed by atoms with van der Waals surface area (Å²) in [6.45, 7) is 7.32. The van der Waals surface area contributed by atoms with Gasteiger partial charge in [-0.1, -0.05) is 64.4 Å². The van der Waals surface area contributed by atoms with Crippen molar-refractivity contribution in [1.29, 1.82) is 0 Å². The lowest BCUT2D eigenvalue weighted by Gasteiger charge is -2.29. The minimum atomic E-state index is -1.84. The van der Waals surface area contributed by atoms with Gasteiger partial charge in [0.2, 0.25) is 53.2 Å². The van der Waals surface area contributed by atoms with Crippen LogP contribution in [0.2, 0.25) is 0 Å². The van der Waals surface area contributed by atoms with Crippen molar-refractivity contribution >= 4 is 53.2 Å². The van der Waals surface area contributed by atoms with Gasteiger partial charge in [0.25, 0.3) is 0 Å². The van der Waals surface area contributed by atoms with Crippen LogP contribution in [0.4, 0.5) is 0 Å². The predicted octanol–water partition coefficient (Wildman–Crippen LogP) is -6.87. The van der Waals surface area contributed by atoms with Gasteiger partial charge in [0.15, 0.2) is 0 Å². The number of nitrogens with one attached hydrogen (secondary N) is 8. The van der Waals surface area contributed by atoms with Gasteiger partial charge in [-0.05, 0) is 44.6 Å². The zero-order valence-corrected chi connectivity index (χ0v) is 38.7. The van der Waals surface area contributed by atoms with Gasteiger partial charge >= 0.3 is 0 Å². The summed E-state index contributed by atoms with van der Waals surface area (Å²) in [6.07, 6.45) is -4.47. The first-order valence-electron chi connectivity index (χ1n) is 21.7. The number of aliphatic hydroxyl groups excluding tert-OH is 6. The van der Waals surface area contributed by atoms with Crippen molar-refractivity contribution in [3.8, 4) is 0 Å². The zero-order valence-electron chi connectivity index (χ0n) is 38.7. The molecule has 25 nitrogen and oxygen atoms in total. The predicted molar refractivity (Wildman–Crippen MR) is 238 cm³/mol. The Balaban J connectivity index is 3.30. The normalized spacial score (nSPS) is 17.1. The van der Waals surface area contributed by atoms with Crippen LogP contribution >= 0.6 is 0 Å². The number of nitrogens with two attached hydrogens (primary N) is 2. The molecule has 25 heteroatoms. The van der Waals surface area contributed by atoms with E-state index in [1.807, 2.05) is 0 Å². The number of hydrogen-bond donors (Lipinski definition) is 16. The van der Waals surface area contributed by atoms with Crippen LogP contribution in [0.15, 0.2) is 30.3 Å². The highest BCUT2D eigenvalue weighted by atomic mass is 16.3. The Morgan fingerprint density at radius 2 is 0.866 bits per heavy atom. The molecule has 0 unspecified atom stereocenters. The van der Waals surface area contributed by atoms with Crippen LogP contribution in [0, 0.1) is 11.8 Å². The van der Waals surface area contributed by atoms with Crippen LogP contribution in [0.1, 0.15) is 66.9 Å². The van der Waals surface area contributed by atoms with Crippen LogP contribution in [0.25, 0.3) is 0 Å². The van der Waals surface area contributed by atoms with Crippen LogP contribution in [0.3, 0.4) is 0 Å². The Morgan fingerprint density at radius 1 is 0.493 bits per heavy atom. The number of carbonyl (C=O) groups excluding carboxylic acids is 9. The van der Waals surface area contributed by atoms with E-state index < -0.39 is 152 Å². The third-order valence-electron chi connectivity index (χ3n) is 10.5. The van der Waals surface area contributed by atoms with Gasteiger partial charge in [-0.25, -0.2) is 0 Å². The Hall–Kier alpha value is -5.83. The van der Waals surface area contributed by atoms with Crippen LogP contribution in [0.5, 0.6) is 0 Å². The largest absolute Gasteiger partial charge is 0.394 e. The first-order valence-corrected chi connectivity index (χ1v) is 21.7. The van der Waals surface area contributed by atoms with E-state index in [2.05, 4.69) is 42.5 Å². The van der Waals surface area contributed by atoms with Gasteiger partial charge in [0.1, 0.15) is 54.4 Å². The lowest BCUT2D eigenvalue weighted by Crippen LogP contribution is -2.63. The number of hydrogen-bond acceptors (Lipinski definition) is 16. The Kier molecular flexibility index (Phi) is 25.7. The van der Waals surface area contributed by atoms with E-state index in [4.69, 9.17) is 11.5 Å². The Morgan fingerprint density at radius 3 is 1.30 bits per heavy atom. The second-order valence-electron chi connectivity index (χ2n) is 16.7. The summed E-state index contributed by atoms with van der Waals surface area (Å²) < 4.78 is 0. The third-order valence-corrected chi connectivity index (χ3v) is 10.5. The number of primary amides is 1. The average molecular weight is 955 g/mol. The zero-order chi connectivity index (χ0) is 51.3. The number of carbonyl (C=O) groups is 9. The fraction of sp³-hybridized carbons (Fsp3) is 0.643. The molecule has 0 spiro atoms. The maximum atomic E-state index is 13.8. The molecule has 67 heavy (non-hydrogen) atoms. The molecule has 13 atom stereocenters. The minimum absolute atomic E-state index is 0.0785. The van der Waals surface area contributed by atoms with Crippen molar-refractivity contribution in [2.75, 3.05) is 19.8 Å². The lowest BCUT2D eigenvalue weighted by atomic mass is 9.97. The molecule has 0 heterocycles. The van der Waals surface area contributed by atoms with E-state index in [0.29, 0.717) is 12.0 Å². The number of rotatable bonds is 29. The molecule has 0 radical (unpaired) electrons. The van der Waals surface area contributed by atoms with E-state index in [9.17, 15) is 73.8 Å². The fourth-order valence-electron chi connectivity index (χ4n) is 6.17. The van der Waals surface area contributed by atoms with Gasteiger partial charge in [-0.15, -0.1) is 0 Å². The van der Waals surface area contributed by atoms with Crippen molar-refractivity contribution in [3.05, 3.63) is 35.9 Å². The number of amides is 9. The molecule has 0 bridgehead atoms. The highest BCUT2D eigenvalue weighted by Gasteiger charge is 2.37. The second kappa shape index (κ2) is 29.0. The first-order chi connectivity index (χ1) is 31.3. The van der Waals surface area contributed by atoms with Gasteiger partial charge < -0.3 is 84.6 Å². The molecule has 1 rings (SSSR count). The van der Waals surface area contributed by atoms with E-state index in [1.165, 1.54) is 13.8 Å². The van der Waals surface area contributed by atoms with Gasteiger partial charge in [0, 0.05) is 6.42 Å². The summed E-state index contributed by atoms with van der Waals surface area (Å²) in [5.74, 6) is -10.2. The van der Waals surface area contributed by atoms with Crippen molar-refractivity contribution in [1.82, 2.24) is 42.5 Å². The molecule has 0 saturated heterocycles. The van der Waals surface area contributed by atoms with E-state index in [0.717, 1.165) is 6.92 Å². The van der Waals surface area contributed by atoms with Crippen LogP contribution < -0.4 is 54.0 Å². The monoisotopic (exact) mass is 955 g/mol. The van der Waals surface area contributed by atoms with E-state index in [1.54, 1.807) is 58.0 Å². The lowest BCUT2D eigenvalue weighted by molar-refractivity contribution is -0.138. The van der Waals surface area contributed by atoms with Crippen molar-refractivity contribution in [3.63, 3.8) is 0 Å². The molecule has 9 amide bonds. The van der Waals surface area contributed by atoms with Crippen LogP contribution in [-0.2, 0) is 49.6 Å². The Bertz CT molecular complexity index is 1820. The second-order valence-corrected chi connectivity index (χ2v) is 16.7. The molecule has 0 aliphatic rings. The molecule has 0 fully saturated rings. The molecule has 1 aromatic rings. The van der Waals surface area contributed by atoms with E-state index >= 15 is 0 Å². The molecule has 18 N–H and O–H groups in total. The maximum absolute atomic E-state index is 13.8. The van der Waals surface area contributed by atoms with Crippen molar-refractivity contribution in [2.24, 2.45) is 23.3 Å². The SMILES string of the molecule is CC[C@H](C)[C@H](NC(=O)[C@H](CO)NC(=O)[C@H](CC(C)C)NC(=O)[C@H](CO)NC(=O)[C@@H](NC(=O)[C@H](Cc1ccccc1)NC(=O)[C@@H](NC(=O)[C@@H](N)[C@@H](C)O)[C@@H](C)O)[C@@H](C)O)C(=O)N[C@@H](CO)C(N)=O. The quantitative estimate of drug-likeness (QED) is 0.0355. The molecule has 0 saturated carbocycles. The summed E-state index contributed by atoms with van der Waals surface area (Å²) in [6, 6.07) is -6.05. The molecular weight excluding hydrogens is 885 g/mol. The minimum Gasteiger partial charge on any atom is -0.394 e. The van der Waals surface area contributed by atoms with Crippen LogP contribution in [-0.4, -0.2) is 176 Å². The fourth-order valence-corrected chi connectivity index (χ4v) is 6.17. The average Bonchev–Trinajstić information content (AvgIpc) is 3.27. The summed E-state index contributed by atoms with van der Waals surface area (Å²) in [5, 5.41) is 78.9.